The second-order valence-corrected chi connectivity index (χ2v) is 7.86. The largest absolute Gasteiger partial charge is 0.497 e. The molecule has 5 nitrogen and oxygen atoms in total. The molecule has 0 spiro atoms. The van der Waals surface area contributed by atoms with Crippen LogP contribution in [0.15, 0.2) is 48.5 Å². The molecule has 28 heavy (non-hydrogen) atoms. The van der Waals surface area contributed by atoms with Gasteiger partial charge < -0.3 is 19.9 Å². The normalized spacial score (nSPS) is 22.1. The van der Waals surface area contributed by atoms with E-state index >= 15 is 0 Å². The highest BCUT2D eigenvalue weighted by Gasteiger charge is 2.38. The van der Waals surface area contributed by atoms with Crippen molar-refractivity contribution < 1.29 is 9.53 Å². The van der Waals surface area contributed by atoms with Crippen LogP contribution in [0.1, 0.15) is 17.9 Å². The maximum Gasteiger partial charge on any atom is 0.236 e. The molecule has 0 aromatic heterocycles. The summed E-state index contributed by atoms with van der Waals surface area (Å²) in [6.45, 7) is 4.08. The van der Waals surface area contributed by atoms with E-state index in [4.69, 9.17) is 4.74 Å². The third-order valence-corrected chi connectivity index (χ3v) is 5.92. The highest BCUT2D eigenvalue weighted by molar-refractivity contribution is 5.78. The lowest BCUT2D eigenvalue weighted by molar-refractivity contribution is -0.131. The summed E-state index contributed by atoms with van der Waals surface area (Å²) in [7, 11) is 3.79. The van der Waals surface area contributed by atoms with Crippen LogP contribution in [0.5, 0.6) is 5.75 Å². The highest BCUT2D eigenvalue weighted by Crippen LogP contribution is 2.41. The van der Waals surface area contributed by atoms with Crippen molar-refractivity contribution in [3.05, 3.63) is 54.1 Å². The predicted molar refractivity (Wildman–Crippen MR) is 112 cm³/mol. The van der Waals surface area contributed by atoms with Gasteiger partial charge >= 0.3 is 0 Å². The minimum atomic E-state index is 0.230. The first-order valence-electron chi connectivity index (χ1n) is 10.1. The number of nitrogens with zero attached hydrogens (tertiary/aromatic N) is 2. The average Bonchev–Trinajstić information content (AvgIpc) is 3.52. The first-order valence-corrected chi connectivity index (χ1v) is 10.1. The van der Waals surface area contributed by atoms with Crippen molar-refractivity contribution in [3.63, 3.8) is 0 Å². The molecule has 1 aliphatic carbocycles. The van der Waals surface area contributed by atoms with Gasteiger partial charge in [-0.1, -0.05) is 36.4 Å². The van der Waals surface area contributed by atoms with Crippen LogP contribution in [0.4, 0.5) is 0 Å². The van der Waals surface area contributed by atoms with Gasteiger partial charge in [0.05, 0.1) is 13.7 Å². The number of carbonyl (C=O) groups is 1. The van der Waals surface area contributed by atoms with Crippen molar-refractivity contribution in [2.75, 3.05) is 46.9 Å². The van der Waals surface area contributed by atoms with Crippen molar-refractivity contribution in [2.45, 2.75) is 18.4 Å². The second kappa shape index (κ2) is 8.33. The summed E-state index contributed by atoms with van der Waals surface area (Å²) in [5, 5.41) is 3.45. The van der Waals surface area contributed by atoms with E-state index in [1.54, 1.807) is 7.11 Å². The lowest BCUT2D eigenvalue weighted by atomic mass is 10.0. The van der Waals surface area contributed by atoms with E-state index < -0.39 is 0 Å². The van der Waals surface area contributed by atoms with Crippen LogP contribution in [-0.2, 0) is 4.79 Å². The number of rotatable bonds is 6. The van der Waals surface area contributed by atoms with E-state index in [-0.39, 0.29) is 5.91 Å². The summed E-state index contributed by atoms with van der Waals surface area (Å²) in [5.41, 5.74) is 3.75. The Bertz CT molecular complexity index is 796. The Morgan fingerprint density at radius 1 is 1.00 bits per heavy atom. The zero-order valence-corrected chi connectivity index (χ0v) is 16.7. The highest BCUT2D eigenvalue weighted by atomic mass is 16.5. The fourth-order valence-electron chi connectivity index (χ4n) is 3.88. The first kappa shape index (κ1) is 19.0. The SMILES string of the molecule is COc1ccc(-c2ccc([C@@H]3C[C@H]3NCC(=O)N3CCN(C)CC3)cc2)cc1. The molecule has 4 rings (SSSR count). The Hall–Kier alpha value is -2.37. The van der Waals surface area contributed by atoms with Gasteiger partial charge in [0.25, 0.3) is 0 Å². The van der Waals surface area contributed by atoms with E-state index in [2.05, 4.69) is 53.7 Å². The van der Waals surface area contributed by atoms with Gasteiger partial charge in [-0.25, -0.2) is 0 Å². The van der Waals surface area contributed by atoms with Crippen molar-refractivity contribution in [2.24, 2.45) is 0 Å². The number of carbonyl (C=O) groups excluding carboxylic acids is 1. The van der Waals surface area contributed by atoms with E-state index in [9.17, 15) is 4.79 Å². The number of hydrogen-bond acceptors (Lipinski definition) is 4. The number of ether oxygens (including phenoxy) is 1. The molecule has 0 bridgehead atoms. The Morgan fingerprint density at radius 3 is 2.21 bits per heavy atom. The smallest absolute Gasteiger partial charge is 0.236 e. The predicted octanol–water partition coefficient (Wildman–Crippen LogP) is 2.58. The topological polar surface area (TPSA) is 44.8 Å². The Kier molecular flexibility index (Phi) is 5.64. The van der Waals surface area contributed by atoms with Gasteiger partial charge in [-0.2, -0.15) is 0 Å². The van der Waals surface area contributed by atoms with Crippen LogP contribution in [0.25, 0.3) is 11.1 Å². The van der Waals surface area contributed by atoms with Gasteiger partial charge in [-0.3, -0.25) is 4.79 Å². The van der Waals surface area contributed by atoms with Crippen LogP contribution >= 0.6 is 0 Å². The van der Waals surface area contributed by atoms with Gasteiger partial charge in [-0.05, 0) is 42.3 Å². The van der Waals surface area contributed by atoms with Crippen molar-refractivity contribution in [1.82, 2.24) is 15.1 Å². The molecule has 0 unspecified atom stereocenters. The number of benzene rings is 2. The molecule has 0 radical (unpaired) electrons. The molecule has 2 atom stereocenters. The Labute approximate surface area is 167 Å². The first-order chi connectivity index (χ1) is 13.6. The minimum Gasteiger partial charge on any atom is -0.497 e. The van der Waals surface area contributed by atoms with Crippen molar-refractivity contribution >= 4 is 5.91 Å². The number of likely N-dealkylation sites (N-methyl/N-ethyl adjacent to an activating group) is 1. The summed E-state index contributed by atoms with van der Waals surface area (Å²) >= 11 is 0. The second-order valence-electron chi connectivity index (χ2n) is 7.86. The van der Waals surface area contributed by atoms with E-state index in [0.29, 0.717) is 18.5 Å². The number of amides is 1. The molecule has 148 valence electrons. The molecule has 1 aliphatic heterocycles. The van der Waals surface area contributed by atoms with E-state index in [0.717, 1.165) is 38.3 Å². The van der Waals surface area contributed by atoms with Crippen molar-refractivity contribution in [3.8, 4) is 16.9 Å². The maximum absolute atomic E-state index is 12.4. The molecule has 2 aliphatic rings. The third-order valence-electron chi connectivity index (χ3n) is 5.92. The maximum atomic E-state index is 12.4. The quantitative estimate of drug-likeness (QED) is 0.838. The molecule has 2 aromatic carbocycles. The summed E-state index contributed by atoms with van der Waals surface area (Å²) < 4.78 is 5.22. The summed E-state index contributed by atoms with van der Waals surface area (Å²) in [6.07, 6.45) is 1.11. The fraction of sp³-hybridized carbons (Fsp3) is 0.435. The summed E-state index contributed by atoms with van der Waals surface area (Å²) in [5.74, 6) is 1.62. The van der Waals surface area contributed by atoms with E-state index in [1.165, 1.54) is 16.7 Å². The third kappa shape index (κ3) is 4.37. The number of methoxy groups -OCH3 is 1. The molecule has 1 amide bonds. The molecule has 5 heteroatoms. The molecule has 2 aromatic rings. The van der Waals surface area contributed by atoms with Crippen LogP contribution in [-0.4, -0.2) is 68.6 Å². The Morgan fingerprint density at radius 2 is 1.61 bits per heavy atom. The number of piperazine rings is 1. The van der Waals surface area contributed by atoms with Gasteiger partial charge in [0, 0.05) is 38.1 Å². The average molecular weight is 380 g/mol. The molecular weight excluding hydrogens is 350 g/mol. The molecular formula is C23H29N3O2. The number of hydrogen-bond donors (Lipinski definition) is 1. The summed E-state index contributed by atoms with van der Waals surface area (Å²) in [4.78, 5) is 16.6. The molecule has 1 N–H and O–H groups in total. The molecule has 1 heterocycles. The molecule has 2 fully saturated rings. The minimum absolute atomic E-state index is 0.230. The standard InChI is InChI=1S/C23H29N3O2/c1-25-11-13-26(14-12-25)23(27)16-24-22-15-21(22)19-5-3-17(4-6-19)18-7-9-20(28-2)10-8-18/h3-10,21-22,24H,11-16H2,1-2H3/t21-,22+/m0/s1. The van der Waals surface area contributed by atoms with Gasteiger partial charge in [0.2, 0.25) is 5.91 Å². The Balaban J connectivity index is 1.27. The van der Waals surface area contributed by atoms with Gasteiger partial charge in [0.15, 0.2) is 0 Å². The lowest BCUT2D eigenvalue weighted by Crippen LogP contribution is -2.49. The number of nitrogens with one attached hydrogen (secondary N) is 1. The van der Waals surface area contributed by atoms with Crippen LogP contribution in [0, 0.1) is 0 Å². The van der Waals surface area contributed by atoms with Crippen LogP contribution in [0.3, 0.4) is 0 Å². The fourth-order valence-corrected chi connectivity index (χ4v) is 3.88. The van der Waals surface area contributed by atoms with Crippen molar-refractivity contribution in [1.29, 1.82) is 0 Å². The van der Waals surface area contributed by atoms with E-state index in [1.807, 2.05) is 17.0 Å². The summed E-state index contributed by atoms with van der Waals surface area (Å²) in [6, 6.07) is 17.4. The van der Waals surface area contributed by atoms with Gasteiger partial charge in [-0.15, -0.1) is 0 Å². The van der Waals surface area contributed by atoms with Gasteiger partial charge in [0.1, 0.15) is 5.75 Å². The monoisotopic (exact) mass is 379 g/mol. The lowest BCUT2D eigenvalue weighted by Gasteiger charge is -2.32. The van der Waals surface area contributed by atoms with Crippen LogP contribution in [0.2, 0.25) is 0 Å². The molecule has 1 saturated carbocycles. The zero-order chi connectivity index (χ0) is 19.5. The molecule has 1 saturated heterocycles. The zero-order valence-electron chi connectivity index (χ0n) is 16.7. The van der Waals surface area contributed by atoms with Crippen LogP contribution < -0.4 is 10.1 Å².